The molecule has 0 unspecified atom stereocenters. The fourth-order valence-corrected chi connectivity index (χ4v) is 4.61. The Morgan fingerprint density at radius 2 is 1.92 bits per heavy atom. The maximum Gasteiger partial charge on any atom is 0.225 e. The van der Waals surface area contributed by atoms with Crippen molar-refractivity contribution in [3.63, 3.8) is 0 Å². The largest absolute Gasteiger partial charge is 0.390 e. The summed E-state index contributed by atoms with van der Waals surface area (Å²) in [4.78, 5) is 8.13. The number of nitrogens with two attached hydrogens (primary N) is 1. The quantitative estimate of drug-likeness (QED) is 0.310. The lowest BCUT2D eigenvalue weighted by atomic mass is 10.2. The van der Waals surface area contributed by atoms with Crippen LogP contribution in [-0.4, -0.2) is 52.3 Å². The van der Waals surface area contributed by atoms with Crippen molar-refractivity contribution < 1.29 is 14.6 Å². The minimum Gasteiger partial charge on any atom is -0.390 e. The van der Waals surface area contributed by atoms with Gasteiger partial charge in [-0.1, -0.05) is 11.6 Å². The molecule has 2 heterocycles. The van der Waals surface area contributed by atoms with E-state index < -0.39 is 11.9 Å². The molecule has 4 atom stereocenters. The molecule has 1 spiro atoms. The number of fused-ring (bicyclic) bond motifs is 1. The number of hydrogen-bond acceptors (Lipinski definition) is 8. The van der Waals surface area contributed by atoms with E-state index >= 15 is 0 Å². The zero-order valence-corrected chi connectivity index (χ0v) is 15.3. The van der Waals surface area contributed by atoms with Gasteiger partial charge in [-0.15, -0.1) is 0 Å². The van der Waals surface area contributed by atoms with Crippen LogP contribution in [0.3, 0.4) is 0 Å². The molecule has 0 amide bonds. The van der Waals surface area contributed by atoms with Crippen molar-refractivity contribution in [3.8, 4) is 0 Å². The van der Waals surface area contributed by atoms with E-state index in [1.807, 2.05) is 0 Å². The normalized spacial score (nSPS) is 33.0. The van der Waals surface area contributed by atoms with Gasteiger partial charge in [-0.2, -0.15) is 4.98 Å². The van der Waals surface area contributed by atoms with Crippen LogP contribution >= 0.6 is 23.2 Å². The topological polar surface area (TPSA) is 106 Å². The Bertz CT molecular complexity index is 673. The molecule has 1 saturated heterocycles. The van der Waals surface area contributed by atoms with Gasteiger partial charge in [0.15, 0.2) is 16.8 Å². The summed E-state index contributed by atoms with van der Waals surface area (Å²) in [5, 5.41) is 15.0. The summed E-state index contributed by atoms with van der Waals surface area (Å²) in [5.41, 5.74) is 0.473. The lowest BCUT2D eigenvalue weighted by molar-refractivity contribution is -0.184. The first-order chi connectivity index (χ1) is 11.9. The summed E-state index contributed by atoms with van der Waals surface area (Å²) in [7, 11) is 1.70. The molecule has 1 aromatic rings. The molecule has 1 aliphatic heterocycles. The highest BCUT2D eigenvalue weighted by atomic mass is 35.5. The number of nitrogens with one attached hydrogen (secondary N) is 1. The van der Waals surface area contributed by atoms with E-state index in [1.165, 1.54) is 5.01 Å². The summed E-state index contributed by atoms with van der Waals surface area (Å²) < 4.78 is 12.4. The van der Waals surface area contributed by atoms with Gasteiger partial charge in [0.05, 0.1) is 12.1 Å². The summed E-state index contributed by atoms with van der Waals surface area (Å²) >= 11 is 12.1. The molecule has 0 aromatic carbocycles. The van der Waals surface area contributed by atoms with Crippen LogP contribution in [0.4, 0.5) is 11.5 Å². The van der Waals surface area contributed by atoms with Gasteiger partial charge < -0.3 is 19.9 Å². The summed E-state index contributed by atoms with van der Waals surface area (Å²) in [6, 6.07) is -0.311. The molecule has 0 radical (unpaired) electrons. The van der Waals surface area contributed by atoms with Crippen molar-refractivity contribution in [1.29, 1.82) is 0 Å². The van der Waals surface area contributed by atoms with Crippen molar-refractivity contribution in [1.82, 2.24) is 9.97 Å². The van der Waals surface area contributed by atoms with Crippen LogP contribution in [0.5, 0.6) is 0 Å². The minimum atomic E-state index is -0.646. The molecule has 2 aliphatic carbocycles. The highest BCUT2D eigenvalue weighted by molar-refractivity contribution is 6.34. The number of hydrogen-bond donors (Lipinski definition) is 3. The molecule has 10 heteroatoms. The van der Waals surface area contributed by atoms with E-state index in [2.05, 4.69) is 15.3 Å². The van der Waals surface area contributed by atoms with Crippen LogP contribution in [0.25, 0.3) is 0 Å². The minimum absolute atomic E-state index is 0.000369. The fourth-order valence-electron chi connectivity index (χ4n) is 4.15. The molecule has 2 saturated carbocycles. The van der Waals surface area contributed by atoms with Crippen molar-refractivity contribution in [2.24, 2.45) is 5.84 Å². The molecule has 3 aliphatic rings. The van der Waals surface area contributed by atoms with E-state index in [4.69, 9.17) is 38.5 Å². The average molecular weight is 390 g/mol. The zero-order chi connectivity index (χ0) is 17.8. The second kappa shape index (κ2) is 6.37. The predicted octanol–water partition coefficient (Wildman–Crippen LogP) is 1.69. The smallest absolute Gasteiger partial charge is 0.225 e. The third-order valence-electron chi connectivity index (χ3n) is 5.30. The Hall–Kier alpha value is -0.900. The monoisotopic (exact) mass is 389 g/mol. The summed E-state index contributed by atoms with van der Waals surface area (Å²) in [6.07, 6.45) is 2.85. The van der Waals surface area contributed by atoms with Gasteiger partial charge in [-0.05, 0) is 24.4 Å². The Morgan fingerprint density at radius 3 is 2.60 bits per heavy atom. The molecule has 0 bridgehead atoms. The summed E-state index contributed by atoms with van der Waals surface area (Å²) in [6.45, 7) is 0. The molecule has 3 fully saturated rings. The van der Waals surface area contributed by atoms with Gasteiger partial charge in [0.1, 0.15) is 17.9 Å². The Labute approximate surface area is 155 Å². The molecule has 8 nitrogen and oxygen atoms in total. The number of aliphatic hydroxyl groups is 1. The van der Waals surface area contributed by atoms with Gasteiger partial charge in [-0.3, -0.25) is 5.01 Å². The third-order valence-corrected chi connectivity index (χ3v) is 5.75. The van der Waals surface area contributed by atoms with Crippen molar-refractivity contribution >= 4 is 34.7 Å². The van der Waals surface area contributed by atoms with Gasteiger partial charge in [0.2, 0.25) is 5.28 Å². The maximum absolute atomic E-state index is 10.5. The lowest BCUT2D eigenvalue weighted by Crippen LogP contribution is -2.48. The number of ether oxygens (including phenoxy) is 2. The SMILES string of the molecule is CNc1c(Cl)nc(Cl)nc1N(N)[C@@H]1C[C@H](O)[C@H]2OC3(CCCC3)O[C@H]21. The number of halogens is 2. The fraction of sp³-hybridized carbons (Fsp3) is 0.733. The van der Waals surface area contributed by atoms with Crippen LogP contribution in [0.1, 0.15) is 32.1 Å². The van der Waals surface area contributed by atoms with E-state index in [0.717, 1.165) is 25.7 Å². The number of aromatic nitrogens is 2. The predicted molar refractivity (Wildman–Crippen MR) is 93.6 cm³/mol. The van der Waals surface area contributed by atoms with Gasteiger partial charge in [0.25, 0.3) is 0 Å². The van der Waals surface area contributed by atoms with Gasteiger partial charge in [0, 0.05) is 26.3 Å². The molecular formula is C15H21Cl2N5O3. The van der Waals surface area contributed by atoms with E-state index in [9.17, 15) is 5.11 Å². The number of aliphatic hydroxyl groups excluding tert-OH is 1. The van der Waals surface area contributed by atoms with E-state index in [0.29, 0.717) is 17.9 Å². The Morgan fingerprint density at radius 1 is 1.24 bits per heavy atom. The molecule has 1 aromatic heterocycles. The van der Waals surface area contributed by atoms with Crippen molar-refractivity contribution in [3.05, 3.63) is 10.4 Å². The van der Waals surface area contributed by atoms with Crippen LogP contribution < -0.4 is 16.2 Å². The zero-order valence-electron chi connectivity index (χ0n) is 13.8. The Balaban J connectivity index is 1.64. The highest BCUT2D eigenvalue weighted by Gasteiger charge is 2.59. The number of nitrogens with zero attached hydrogens (tertiary/aromatic N) is 3. The van der Waals surface area contributed by atoms with Crippen LogP contribution in [0.15, 0.2) is 0 Å². The third kappa shape index (κ3) is 2.85. The maximum atomic E-state index is 10.5. The van der Waals surface area contributed by atoms with Gasteiger partial charge in [-0.25, -0.2) is 10.8 Å². The van der Waals surface area contributed by atoms with Crippen LogP contribution in [0.2, 0.25) is 10.4 Å². The molecule has 4 rings (SSSR count). The second-order valence-electron chi connectivity index (χ2n) is 6.79. The van der Waals surface area contributed by atoms with E-state index in [1.54, 1.807) is 7.05 Å². The van der Waals surface area contributed by atoms with Crippen molar-refractivity contribution in [2.75, 3.05) is 17.4 Å². The Kier molecular flexibility index (Phi) is 4.46. The van der Waals surface area contributed by atoms with Crippen molar-refractivity contribution in [2.45, 2.75) is 62.2 Å². The first kappa shape index (κ1) is 17.5. The highest BCUT2D eigenvalue weighted by Crippen LogP contribution is 2.48. The van der Waals surface area contributed by atoms with Crippen LogP contribution in [0, 0.1) is 0 Å². The average Bonchev–Trinajstić information content (AvgIpc) is 3.25. The molecular weight excluding hydrogens is 369 g/mol. The standard InChI is InChI=1S/C15H21Cl2N5O3/c1-19-9-12(16)20-14(17)21-13(9)22(18)7-6-8(23)11-10(7)24-15(25-11)4-2-3-5-15/h7-8,10-11,19,23H,2-6,18H2,1H3/t7-,8+,10+,11-/m1/s1. The van der Waals surface area contributed by atoms with Crippen LogP contribution in [-0.2, 0) is 9.47 Å². The van der Waals surface area contributed by atoms with E-state index in [-0.39, 0.29) is 28.7 Å². The number of hydrazine groups is 1. The lowest BCUT2D eigenvalue weighted by Gasteiger charge is -2.31. The van der Waals surface area contributed by atoms with Gasteiger partial charge >= 0.3 is 0 Å². The molecule has 25 heavy (non-hydrogen) atoms. The number of rotatable bonds is 3. The first-order valence-corrected chi connectivity index (χ1v) is 9.18. The second-order valence-corrected chi connectivity index (χ2v) is 7.49. The molecule has 138 valence electrons. The first-order valence-electron chi connectivity index (χ1n) is 8.42. The number of anilines is 2. The molecule has 4 N–H and O–H groups in total. The summed E-state index contributed by atoms with van der Waals surface area (Å²) in [5.74, 6) is 6.14.